The van der Waals surface area contributed by atoms with Gasteiger partial charge in [0.1, 0.15) is 5.54 Å². The van der Waals surface area contributed by atoms with Crippen LogP contribution in [0.25, 0.3) is 0 Å². The smallest absolute Gasteiger partial charge is 0.326 e. The summed E-state index contributed by atoms with van der Waals surface area (Å²) in [6, 6.07) is 0. The van der Waals surface area contributed by atoms with Gasteiger partial charge >= 0.3 is 5.97 Å². The normalized spacial score (nSPS) is 26.7. The van der Waals surface area contributed by atoms with Crippen LogP contribution in [0.5, 0.6) is 0 Å². The van der Waals surface area contributed by atoms with Crippen molar-refractivity contribution >= 4 is 5.97 Å². The van der Waals surface area contributed by atoms with Crippen LogP contribution in [-0.4, -0.2) is 73.4 Å². The summed E-state index contributed by atoms with van der Waals surface area (Å²) in [7, 11) is 3.67. The maximum atomic E-state index is 11.7. The molecule has 1 saturated carbocycles. The van der Waals surface area contributed by atoms with Crippen molar-refractivity contribution in [3.05, 3.63) is 0 Å². The van der Waals surface area contributed by atoms with E-state index in [1.165, 1.54) is 0 Å². The highest BCUT2D eigenvalue weighted by Gasteiger charge is 2.55. The van der Waals surface area contributed by atoms with Gasteiger partial charge in [0.05, 0.1) is 6.61 Å². The minimum absolute atomic E-state index is 0.267. The van der Waals surface area contributed by atoms with Gasteiger partial charge in [-0.3, -0.25) is 9.69 Å². The highest BCUT2D eigenvalue weighted by molar-refractivity contribution is 5.80. The topological polar surface area (TPSA) is 53.0 Å². The first-order valence-corrected chi connectivity index (χ1v) is 6.27. The zero-order valence-corrected chi connectivity index (χ0v) is 10.7. The Morgan fingerprint density at radius 2 is 1.94 bits per heavy atom. The number of aliphatic carboxylic acids is 1. The van der Waals surface area contributed by atoms with Gasteiger partial charge in [-0.05, 0) is 25.8 Å². The summed E-state index contributed by atoms with van der Waals surface area (Å²) in [6.45, 7) is 3.82. The maximum Gasteiger partial charge on any atom is 0.326 e. The molecule has 0 spiro atoms. The van der Waals surface area contributed by atoms with Crippen molar-refractivity contribution in [2.75, 3.05) is 46.9 Å². The monoisotopic (exact) mass is 242 g/mol. The first-order chi connectivity index (χ1) is 8.11. The summed E-state index contributed by atoms with van der Waals surface area (Å²) in [6.07, 6.45) is 2.03. The summed E-state index contributed by atoms with van der Waals surface area (Å²) >= 11 is 0. The Hall–Kier alpha value is -0.650. The van der Waals surface area contributed by atoms with E-state index in [1.54, 1.807) is 7.11 Å². The summed E-state index contributed by atoms with van der Waals surface area (Å²) in [5.41, 5.74) is -0.782. The van der Waals surface area contributed by atoms with E-state index in [0.29, 0.717) is 6.61 Å². The molecule has 2 fully saturated rings. The van der Waals surface area contributed by atoms with Crippen LogP contribution in [0.1, 0.15) is 12.8 Å². The van der Waals surface area contributed by atoms with Crippen LogP contribution in [0.2, 0.25) is 0 Å². The second-order valence-electron chi connectivity index (χ2n) is 5.23. The van der Waals surface area contributed by atoms with E-state index in [-0.39, 0.29) is 5.92 Å². The minimum atomic E-state index is -0.782. The molecule has 1 aliphatic carbocycles. The molecule has 2 rings (SSSR count). The maximum absolute atomic E-state index is 11.7. The van der Waals surface area contributed by atoms with E-state index in [0.717, 1.165) is 39.0 Å². The molecule has 0 aromatic carbocycles. The highest BCUT2D eigenvalue weighted by atomic mass is 16.5. The molecule has 17 heavy (non-hydrogen) atoms. The van der Waals surface area contributed by atoms with Crippen molar-refractivity contribution < 1.29 is 14.6 Å². The predicted octanol–water partition coefficient (Wildman–Crippen LogP) is 0.114. The van der Waals surface area contributed by atoms with Gasteiger partial charge in [-0.25, -0.2) is 0 Å². The third-order valence-electron chi connectivity index (χ3n) is 4.06. The van der Waals surface area contributed by atoms with Gasteiger partial charge in [0.25, 0.3) is 0 Å². The SMILES string of the molecule is COCC(C(=O)O)(C1CC1)N1CCN(C)CC1. The van der Waals surface area contributed by atoms with Crippen molar-refractivity contribution in [1.29, 1.82) is 0 Å². The second-order valence-corrected chi connectivity index (χ2v) is 5.23. The number of methoxy groups -OCH3 is 1. The van der Waals surface area contributed by atoms with E-state index in [1.807, 2.05) is 0 Å². The van der Waals surface area contributed by atoms with Crippen LogP contribution >= 0.6 is 0 Å². The van der Waals surface area contributed by atoms with Gasteiger partial charge in [0.15, 0.2) is 0 Å². The highest BCUT2D eigenvalue weighted by Crippen LogP contribution is 2.44. The largest absolute Gasteiger partial charge is 0.480 e. The Balaban J connectivity index is 2.16. The van der Waals surface area contributed by atoms with Crippen LogP contribution in [0.3, 0.4) is 0 Å². The average molecular weight is 242 g/mol. The molecule has 0 bridgehead atoms. The number of carboxylic acids is 1. The number of likely N-dealkylation sites (N-methyl/N-ethyl adjacent to an activating group) is 1. The minimum Gasteiger partial charge on any atom is -0.480 e. The lowest BCUT2D eigenvalue weighted by Gasteiger charge is -2.44. The molecule has 1 unspecified atom stereocenters. The fraction of sp³-hybridized carbons (Fsp3) is 0.917. The molecule has 1 heterocycles. The van der Waals surface area contributed by atoms with E-state index < -0.39 is 11.5 Å². The molecule has 1 saturated heterocycles. The molecular formula is C12H22N2O3. The van der Waals surface area contributed by atoms with E-state index in [4.69, 9.17) is 4.74 Å². The first-order valence-electron chi connectivity index (χ1n) is 6.27. The van der Waals surface area contributed by atoms with Gasteiger partial charge in [0, 0.05) is 33.3 Å². The third-order valence-corrected chi connectivity index (χ3v) is 4.06. The summed E-state index contributed by atoms with van der Waals surface area (Å²) in [5.74, 6) is -0.449. The number of carboxylic acid groups (broad SMARTS) is 1. The fourth-order valence-electron chi connectivity index (χ4n) is 2.83. The van der Waals surface area contributed by atoms with Gasteiger partial charge in [-0.15, -0.1) is 0 Å². The number of carbonyl (C=O) groups is 1. The molecule has 2 aliphatic rings. The number of rotatable bonds is 5. The number of piperazine rings is 1. The van der Waals surface area contributed by atoms with Crippen LogP contribution < -0.4 is 0 Å². The molecule has 98 valence electrons. The molecule has 0 aromatic rings. The molecule has 1 N–H and O–H groups in total. The summed E-state index contributed by atoms with van der Waals surface area (Å²) in [4.78, 5) is 16.1. The van der Waals surface area contributed by atoms with Crippen molar-refractivity contribution in [2.45, 2.75) is 18.4 Å². The number of hydrogen-bond acceptors (Lipinski definition) is 4. The van der Waals surface area contributed by atoms with Crippen molar-refractivity contribution in [3.63, 3.8) is 0 Å². The van der Waals surface area contributed by atoms with Crippen LogP contribution in [0.15, 0.2) is 0 Å². The quantitative estimate of drug-likeness (QED) is 0.742. The Morgan fingerprint density at radius 3 is 2.35 bits per heavy atom. The summed E-state index contributed by atoms with van der Waals surface area (Å²) < 4.78 is 5.21. The first kappa shape index (κ1) is 12.8. The molecule has 1 aliphatic heterocycles. The second kappa shape index (κ2) is 4.92. The zero-order chi connectivity index (χ0) is 12.5. The number of nitrogens with zero attached hydrogens (tertiary/aromatic N) is 2. The lowest BCUT2D eigenvalue weighted by Crippen LogP contribution is -2.63. The average Bonchev–Trinajstić information content (AvgIpc) is 3.11. The fourth-order valence-corrected chi connectivity index (χ4v) is 2.83. The molecule has 5 heteroatoms. The third kappa shape index (κ3) is 2.32. The predicted molar refractivity (Wildman–Crippen MR) is 64.0 cm³/mol. The van der Waals surface area contributed by atoms with Gasteiger partial charge in [-0.2, -0.15) is 0 Å². The van der Waals surface area contributed by atoms with Crippen molar-refractivity contribution in [2.24, 2.45) is 5.92 Å². The Kier molecular flexibility index (Phi) is 3.70. The zero-order valence-electron chi connectivity index (χ0n) is 10.7. The number of hydrogen-bond donors (Lipinski definition) is 1. The molecule has 0 aromatic heterocycles. The lowest BCUT2D eigenvalue weighted by atomic mass is 9.91. The summed E-state index contributed by atoms with van der Waals surface area (Å²) in [5, 5.41) is 9.65. The van der Waals surface area contributed by atoms with Crippen molar-refractivity contribution in [3.8, 4) is 0 Å². The van der Waals surface area contributed by atoms with E-state index in [2.05, 4.69) is 16.8 Å². The van der Waals surface area contributed by atoms with Gasteiger partial charge in [-0.1, -0.05) is 0 Å². The van der Waals surface area contributed by atoms with E-state index >= 15 is 0 Å². The molecule has 1 atom stereocenters. The Labute approximate surface area is 102 Å². The standard InChI is InChI=1S/C12H22N2O3/c1-13-5-7-14(8-6-13)12(9-17-2,11(15)16)10-3-4-10/h10H,3-9H2,1-2H3,(H,15,16). The molecule has 5 nitrogen and oxygen atoms in total. The van der Waals surface area contributed by atoms with Crippen molar-refractivity contribution in [1.82, 2.24) is 9.80 Å². The Morgan fingerprint density at radius 1 is 1.35 bits per heavy atom. The van der Waals surface area contributed by atoms with Gasteiger partial charge < -0.3 is 14.7 Å². The molecule has 0 amide bonds. The Bertz CT molecular complexity index is 285. The van der Waals surface area contributed by atoms with Crippen LogP contribution in [0, 0.1) is 5.92 Å². The lowest BCUT2D eigenvalue weighted by molar-refractivity contribution is -0.160. The molecular weight excluding hydrogens is 220 g/mol. The van der Waals surface area contributed by atoms with Crippen LogP contribution in [0.4, 0.5) is 0 Å². The van der Waals surface area contributed by atoms with E-state index in [9.17, 15) is 9.90 Å². The van der Waals surface area contributed by atoms with Crippen LogP contribution in [-0.2, 0) is 9.53 Å². The number of ether oxygens (including phenoxy) is 1. The van der Waals surface area contributed by atoms with Gasteiger partial charge in [0.2, 0.25) is 0 Å². The molecule has 0 radical (unpaired) electrons.